The minimum atomic E-state index is -3.48. The average Bonchev–Trinajstić information content (AvgIpc) is 3.04. The minimum absolute atomic E-state index is 0.313. The number of benzene rings is 2. The lowest BCUT2D eigenvalue weighted by Crippen LogP contribution is -2.46. The number of aromatic nitrogens is 1. The second-order valence-corrected chi connectivity index (χ2v) is 9.22. The summed E-state index contributed by atoms with van der Waals surface area (Å²) in [5.41, 5.74) is 3.99. The van der Waals surface area contributed by atoms with Gasteiger partial charge in [0, 0.05) is 54.5 Å². The van der Waals surface area contributed by atoms with E-state index in [4.69, 9.17) is 0 Å². The van der Waals surface area contributed by atoms with Gasteiger partial charge in [0.25, 0.3) is 0 Å². The molecule has 0 bridgehead atoms. The van der Waals surface area contributed by atoms with E-state index in [9.17, 15) is 8.42 Å². The van der Waals surface area contributed by atoms with Gasteiger partial charge < -0.3 is 9.88 Å². The quantitative estimate of drug-likeness (QED) is 0.763. The lowest BCUT2D eigenvalue weighted by atomic mass is 10.00. The molecule has 1 N–H and O–H groups in total. The third-order valence-electron chi connectivity index (χ3n) is 5.20. The topological polar surface area (TPSA) is 56.4 Å². The van der Waals surface area contributed by atoms with Crippen LogP contribution < -0.4 is 4.90 Å². The lowest BCUT2D eigenvalue weighted by molar-refractivity contribution is 0.481. The molecular formula is C20H23N3O2S. The van der Waals surface area contributed by atoms with Gasteiger partial charge in [0.2, 0.25) is 10.0 Å². The Kier molecular flexibility index (Phi) is 4.04. The average molecular weight is 369 g/mol. The maximum atomic E-state index is 12.6. The number of nitrogens with zero attached hydrogens (tertiary/aromatic N) is 2. The fraction of sp³-hybridized carbons (Fsp3) is 0.300. The normalized spacial score (nSPS) is 17.7. The number of hydrogen-bond donors (Lipinski definition) is 1. The molecule has 4 rings (SSSR count). The van der Waals surface area contributed by atoms with Crippen molar-refractivity contribution in [3.05, 3.63) is 48.5 Å². The number of fused-ring (bicyclic) bond motifs is 1. The fourth-order valence-electron chi connectivity index (χ4n) is 3.45. The third-order valence-corrected chi connectivity index (χ3v) is 7.01. The summed E-state index contributed by atoms with van der Waals surface area (Å²) in [6.07, 6.45) is 1.16. The predicted octanol–water partition coefficient (Wildman–Crippen LogP) is 3.68. The first-order valence-corrected chi connectivity index (χ1v) is 10.2. The molecule has 5 nitrogen and oxygen atoms in total. The van der Waals surface area contributed by atoms with Gasteiger partial charge in [-0.2, -0.15) is 0 Å². The Balaban J connectivity index is 1.91. The molecule has 136 valence electrons. The molecule has 2 heterocycles. The van der Waals surface area contributed by atoms with E-state index in [1.807, 2.05) is 24.3 Å². The largest absolute Gasteiger partial charge is 0.368 e. The van der Waals surface area contributed by atoms with Gasteiger partial charge in [0.15, 0.2) is 0 Å². The highest BCUT2D eigenvalue weighted by Gasteiger charge is 2.28. The van der Waals surface area contributed by atoms with Crippen molar-refractivity contribution in [3.63, 3.8) is 0 Å². The van der Waals surface area contributed by atoms with Crippen LogP contribution in [0.1, 0.15) is 13.3 Å². The lowest BCUT2D eigenvalue weighted by Gasteiger charge is -2.42. The monoisotopic (exact) mass is 369 g/mol. The Labute approximate surface area is 154 Å². The van der Waals surface area contributed by atoms with Crippen molar-refractivity contribution in [2.75, 3.05) is 25.5 Å². The molecule has 0 spiro atoms. The van der Waals surface area contributed by atoms with Gasteiger partial charge in [0.1, 0.15) is 0 Å². The van der Waals surface area contributed by atoms with Crippen LogP contribution in [0.15, 0.2) is 53.4 Å². The first kappa shape index (κ1) is 17.1. The molecule has 0 saturated carbocycles. The highest BCUT2D eigenvalue weighted by molar-refractivity contribution is 7.89. The molecule has 1 aliphatic heterocycles. The molecule has 0 radical (unpaired) electrons. The summed E-state index contributed by atoms with van der Waals surface area (Å²) in [6, 6.07) is 16.1. The van der Waals surface area contributed by atoms with Crippen LogP contribution in [0.5, 0.6) is 0 Å². The van der Waals surface area contributed by atoms with Crippen molar-refractivity contribution in [2.24, 2.45) is 0 Å². The van der Waals surface area contributed by atoms with E-state index in [0.29, 0.717) is 10.9 Å². The minimum Gasteiger partial charge on any atom is -0.368 e. The Hall–Kier alpha value is -2.31. The third kappa shape index (κ3) is 2.70. The molecule has 1 atom stereocenters. The molecule has 1 fully saturated rings. The van der Waals surface area contributed by atoms with Crippen LogP contribution in [0.2, 0.25) is 0 Å². The van der Waals surface area contributed by atoms with E-state index in [-0.39, 0.29) is 0 Å². The molecular weight excluding hydrogens is 346 g/mol. The SMILES string of the molecule is CC1CCN1c1ccc(S(=O)(=O)N(C)C)cc1-c1cc2ccccc2[nH]1. The molecule has 3 aromatic rings. The van der Waals surface area contributed by atoms with Crippen molar-refractivity contribution in [1.82, 2.24) is 9.29 Å². The van der Waals surface area contributed by atoms with E-state index >= 15 is 0 Å². The van der Waals surface area contributed by atoms with Gasteiger partial charge in [-0.1, -0.05) is 18.2 Å². The van der Waals surface area contributed by atoms with E-state index in [1.54, 1.807) is 26.2 Å². The Bertz CT molecular complexity index is 1040. The Morgan fingerprint density at radius 1 is 1.12 bits per heavy atom. The van der Waals surface area contributed by atoms with Gasteiger partial charge in [-0.05, 0) is 43.7 Å². The van der Waals surface area contributed by atoms with Crippen LogP contribution in [0, 0.1) is 0 Å². The predicted molar refractivity (Wildman–Crippen MR) is 106 cm³/mol. The molecule has 1 aliphatic rings. The number of H-pyrrole nitrogens is 1. The zero-order chi connectivity index (χ0) is 18.5. The number of nitrogens with one attached hydrogen (secondary N) is 1. The number of rotatable bonds is 4. The summed E-state index contributed by atoms with van der Waals surface area (Å²) in [6.45, 7) is 3.19. The van der Waals surface area contributed by atoms with Crippen molar-refractivity contribution >= 4 is 26.6 Å². The van der Waals surface area contributed by atoms with E-state index in [1.165, 1.54) is 4.31 Å². The highest BCUT2D eigenvalue weighted by Crippen LogP contribution is 2.38. The van der Waals surface area contributed by atoms with Gasteiger partial charge in [-0.15, -0.1) is 0 Å². The number of hydrogen-bond acceptors (Lipinski definition) is 3. The van der Waals surface area contributed by atoms with Crippen molar-refractivity contribution in [2.45, 2.75) is 24.3 Å². The van der Waals surface area contributed by atoms with E-state index < -0.39 is 10.0 Å². The maximum Gasteiger partial charge on any atom is 0.242 e. The number of aromatic amines is 1. The van der Waals surface area contributed by atoms with Crippen LogP contribution in [0.3, 0.4) is 0 Å². The van der Waals surface area contributed by atoms with Crippen LogP contribution >= 0.6 is 0 Å². The molecule has 26 heavy (non-hydrogen) atoms. The Morgan fingerprint density at radius 2 is 1.88 bits per heavy atom. The smallest absolute Gasteiger partial charge is 0.242 e. The second kappa shape index (κ2) is 6.14. The zero-order valence-electron chi connectivity index (χ0n) is 15.2. The summed E-state index contributed by atoms with van der Waals surface area (Å²) in [5, 5.41) is 1.12. The Morgan fingerprint density at radius 3 is 2.50 bits per heavy atom. The summed E-state index contributed by atoms with van der Waals surface area (Å²) in [4.78, 5) is 6.08. The number of sulfonamides is 1. The molecule has 1 aromatic heterocycles. The van der Waals surface area contributed by atoms with Crippen LogP contribution in [-0.4, -0.2) is 44.4 Å². The second-order valence-electron chi connectivity index (χ2n) is 7.07. The summed E-state index contributed by atoms with van der Waals surface area (Å²) in [5.74, 6) is 0. The first-order chi connectivity index (χ1) is 12.4. The first-order valence-electron chi connectivity index (χ1n) is 8.79. The van der Waals surface area contributed by atoms with Gasteiger partial charge in [-0.3, -0.25) is 0 Å². The highest BCUT2D eigenvalue weighted by atomic mass is 32.2. The molecule has 0 aliphatic carbocycles. The van der Waals surface area contributed by atoms with Crippen LogP contribution in [0.25, 0.3) is 22.2 Å². The summed E-state index contributed by atoms with van der Waals surface area (Å²) >= 11 is 0. The van der Waals surface area contributed by atoms with Crippen LogP contribution in [-0.2, 0) is 10.0 Å². The number of anilines is 1. The van der Waals surface area contributed by atoms with Gasteiger partial charge in [-0.25, -0.2) is 12.7 Å². The molecule has 1 unspecified atom stereocenters. The standard InChI is InChI=1S/C20H23N3O2S/c1-14-10-11-23(14)20-9-8-16(26(24,25)22(2)3)13-17(20)19-12-15-6-4-5-7-18(15)21-19/h4-9,12-14,21H,10-11H2,1-3H3. The molecule has 2 aromatic carbocycles. The molecule has 0 amide bonds. The maximum absolute atomic E-state index is 12.6. The van der Waals surface area contributed by atoms with Crippen molar-refractivity contribution in [3.8, 4) is 11.3 Å². The summed E-state index contributed by atoms with van der Waals surface area (Å²) in [7, 11) is -0.363. The molecule has 6 heteroatoms. The van der Waals surface area contributed by atoms with E-state index in [0.717, 1.165) is 40.8 Å². The van der Waals surface area contributed by atoms with Gasteiger partial charge in [0.05, 0.1) is 4.90 Å². The zero-order valence-corrected chi connectivity index (χ0v) is 16.0. The molecule has 1 saturated heterocycles. The number of para-hydroxylation sites is 1. The van der Waals surface area contributed by atoms with Crippen LogP contribution in [0.4, 0.5) is 5.69 Å². The van der Waals surface area contributed by atoms with Crippen molar-refractivity contribution < 1.29 is 8.42 Å². The van der Waals surface area contributed by atoms with E-state index in [2.05, 4.69) is 28.9 Å². The fourth-order valence-corrected chi connectivity index (χ4v) is 4.37. The summed E-state index contributed by atoms with van der Waals surface area (Å²) < 4.78 is 26.5. The van der Waals surface area contributed by atoms with Crippen molar-refractivity contribution in [1.29, 1.82) is 0 Å². The van der Waals surface area contributed by atoms with Gasteiger partial charge >= 0.3 is 0 Å².